The van der Waals surface area contributed by atoms with Crippen molar-refractivity contribution in [2.45, 2.75) is 83.7 Å². The Bertz CT molecular complexity index is 928. The maximum absolute atomic E-state index is 13.1. The van der Waals surface area contributed by atoms with E-state index in [1.54, 1.807) is 0 Å². The molecule has 1 amide bonds. The van der Waals surface area contributed by atoms with Crippen LogP contribution in [-0.2, 0) is 11.2 Å². The summed E-state index contributed by atoms with van der Waals surface area (Å²) >= 11 is 6.02. The van der Waals surface area contributed by atoms with Gasteiger partial charge in [-0.05, 0) is 118 Å². The molecule has 0 N–H and O–H groups in total. The minimum absolute atomic E-state index is 0.212. The van der Waals surface area contributed by atoms with Crippen molar-refractivity contribution in [3.8, 4) is 0 Å². The third kappa shape index (κ3) is 4.73. The van der Waals surface area contributed by atoms with Gasteiger partial charge in [-0.3, -0.25) is 4.79 Å². The smallest absolute Gasteiger partial charge is 0.226 e. The Morgan fingerprint density at radius 1 is 1.00 bits per heavy atom. The van der Waals surface area contributed by atoms with Gasteiger partial charge in [0.15, 0.2) is 0 Å². The maximum Gasteiger partial charge on any atom is 0.226 e. The zero-order chi connectivity index (χ0) is 24.7. The van der Waals surface area contributed by atoms with Crippen LogP contribution in [0.15, 0.2) is 36.4 Å². The standard InChI is InChI=1S/C31H45ClN2O/c1-21-9-14-25(34(4)30(35)19-23-10-12-24(32)13-11-23)7-5-6-8-27-26(21)17-18-31-20-33(3)22(2)28(31)15-16-29(27)31/h5-6,10-13,21-22,25-29H,7-9,14-20H2,1-4H3/t21-,22-,25+,26?,27+,28+,29-,31-/m0/s1. The second kappa shape index (κ2) is 10.2. The largest absolute Gasteiger partial charge is 0.342 e. The summed E-state index contributed by atoms with van der Waals surface area (Å²) in [5.41, 5.74) is 1.62. The Kier molecular flexibility index (Phi) is 7.39. The molecule has 1 aliphatic heterocycles. The van der Waals surface area contributed by atoms with E-state index in [2.05, 4.69) is 37.9 Å². The predicted molar refractivity (Wildman–Crippen MR) is 145 cm³/mol. The summed E-state index contributed by atoms with van der Waals surface area (Å²) in [4.78, 5) is 17.8. The molecule has 4 heteroatoms. The zero-order valence-electron chi connectivity index (χ0n) is 22.3. The first-order valence-electron chi connectivity index (χ1n) is 14.2. The number of carbonyl (C=O) groups excluding carboxylic acids is 1. The highest BCUT2D eigenvalue weighted by Gasteiger charge is 2.61. The Morgan fingerprint density at radius 3 is 2.49 bits per heavy atom. The molecule has 5 rings (SSSR count). The van der Waals surface area contributed by atoms with Crippen LogP contribution >= 0.6 is 11.6 Å². The molecule has 1 heterocycles. The van der Waals surface area contributed by atoms with E-state index in [-0.39, 0.29) is 5.91 Å². The Balaban J connectivity index is 1.27. The summed E-state index contributed by atoms with van der Waals surface area (Å²) < 4.78 is 0. The van der Waals surface area contributed by atoms with E-state index in [1.807, 2.05) is 36.2 Å². The van der Waals surface area contributed by atoms with E-state index in [4.69, 9.17) is 11.6 Å². The van der Waals surface area contributed by atoms with Crippen LogP contribution in [-0.4, -0.2) is 48.4 Å². The fourth-order valence-electron chi connectivity index (χ4n) is 8.92. The van der Waals surface area contributed by atoms with E-state index in [1.165, 1.54) is 45.1 Å². The predicted octanol–water partition coefficient (Wildman–Crippen LogP) is 6.85. The van der Waals surface area contributed by atoms with Gasteiger partial charge in [0.1, 0.15) is 0 Å². The highest BCUT2D eigenvalue weighted by atomic mass is 35.5. The average Bonchev–Trinajstić information content (AvgIpc) is 3.33. The fourth-order valence-corrected chi connectivity index (χ4v) is 9.04. The van der Waals surface area contributed by atoms with Crippen molar-refractivity contribution in [1.29, 1.82) is 0 Å². The third-order valence-electron chi connectivity index (χ3n) is 11.0. The number of hydrogen-bond acceptors (Lipinski definition) is 2. The van der Waals surface area contributed by atoms with Gasteiger partial charge in [-0.2, -0.15) is 0 Å². The molecule has 35 heavy (non-hydrogen) atoms. The minimum atomic E-state index is 0.212. The first-order valence-corrected chi connectivity index (χ1v) is 14.5. The quantitative estimate of drug-likeness (QED) is 0.427. The minimum Gasteiger partial charge on any atom is -0.342 e. The molecule has 0 aromatic heterocycles. The highest BCUT2D eigenvalue weighted by Crippen LogP contribution is 2.65. The van der Waals surface area contributed by atoms with Gasteiger partial charge in [-0.25, -0.2) is 0 Å². The van der Waals surface area contributed by atoms with Crippen molar-refractivity contribution >= 4 is 17.5 Å². The summed E-state index contributed by atoms with van der Waals surface area (Å²) in [6, 6.07) is 8.73. The van der Waals surface area contributed by atoms with Gasteiger partial charge < -0.3 is 9.80 Å². The maximum atomic E-state index is 13.1. The van der Waals surface area contributed by atoms with E-state index in [0.717, 1.165) is 59.1 Å². The molecule has 1 unspecified atom stereocenters. The van der Waals surface area contributed by atoms with Gasteiger partial charge in [0.05, 0.1) is 6.42 Å². The van der Waals surface area contributed by atoms with Crippen LogP contribution in [0.5, 0.6) is 0 Å². The molecule has 1 aromatic rings. The summed E-state index contributed by atoms with van der Waals surface area (Å²) in [5, 5.41) is 0.718. The first-order chi connectivity index (χ1) is 16.8. The monoisotopic (exact) mass is 496 g/mol. The molecule has 2 saturated carbocycles. The van der Waals surface area contributed by atoms with Gasteiger partial charge in [-0.15, -0.1) is 0 Å². The van der Waals surface area contributed by atoms with Gasteiger partial charge in [-0.1, -0.05) is 42.8 Å². The van der Waals surface area contributed by atoms with E-state index in [0.29, 0.717) is 17.9 Å². The van der Waals surface area contributed by atoms with Crippen molar-refractivity contribution < 1.29 is 4.79 Å². The van der Waals surface area contributed by atoms with Gasteiger partial charge >= 0.3 is 0 Å². The molecule has 3 aliphatic carbocycles. The van der Waals surface area contributed by atoms with Gasteiger partial charge in [0, 0.05) is 30.7 Å². The van der Waals surface area contributed by atoms with Crippen LogP contribution in [0.1, 0.15) is 70.8 Å². The number of hydrogen-bond donors (Lipinski definition) is 0. The number of rotatable bonds is 3. The lowest BCUT2D eigenvalue weighted by Gasteiger charge is -2.50. The second-order valence-corrected chi connectivity index (χ2v) is 12.9. The van der Waals surface area contributed by atoms with Crippen LogP contribution in [0.2, 0.25) is 5.02 Å². The fraction of sp³-hybridized carbons (Fsp3) is 0.710. The molecule has 0 radical (unpaired) electrons. The van der Waals surface area contributed by atoms with Crippen molar-refractivity contribution in [3.63, 3.8) is 0 Å². The van der Waals surface area contributed by atoms with Crippen LogP contribution < -0.4 is 0 Å². The molecular weight excluding hydrogens is 452 g/mol. The van der Waals surface area contributed by atoms with E-state index < -0.39 is 0 Å². The molecule has 192 valence electrons. The Hall–Kier alpha value is -1.32. The zero-order valence-corrected chi connectivity index (χ0v) is 23.0. The normalized spacial score (nSPS) is 39.5. The molecule has 3 nitrogen and oxygen atoms in total. The topological polar surface area (TPSA) is 23.6 Å². The molecule has 1 aromatic carbocycles. The Labute approximate surface area is 218 Å². The van der Waals surface area contributed by atoms with Crippen molar-refractivity contribution in [2.75, 3.05) is 20.6 Å². The molecular formula is C31H45ClN2O. The number of benzene rings is 1. The lowest BCUT2D eigenvalue weighted by atomic mass is 9.54. The lowest BCUT2D eigenvalue weighted by molar-refractivity contribution is -0.131. The molecule has 1 spiro atoms. The van der Waals surface area contributed by atoms with Crippen molar-refractivity contribution in [1.82, 2.24) is 9.80 Å². The molecule has 1 saturated heterocycles. The van der Waals surface area contributed by atoms with Crippen LogP contribution in [0.4, 0.5) is 0 Å². The number of nitrogens with zero attached hydrogens (tertiary/aromatic N) is 2. The SMILES string of the molecule is C[C@H]1CC[C@H](N(C)C(=O)Cc2ccc(Cl)cc2)CC=CC[C@@H]2C1CC[C@]13CN(C)[C@@H](C)[C@H]1CC[C@@H]23. The molecule has 4 aliphatic rings. The second-order valence-electron chi connectivity index (χ2n) is 12.5. The summed E-state index contributed by atoms with van der Waals surface area (Å²) in [5.74, 6) is 4.46. The summed E-state index contributed by atoms with van der Waals surface area (Å²) in [6.45, 7) is 6.32. The van der Waals surface area contributed by atoms with Gasteiger partial charge in [0.25, 0.3) is 0 Å². The van der Waals surface area contributed by atoms with Crippen LogP contribution in [0, 0.1) is 35.0 Å². The van der Waals surface area contributed by atoms with Crippen LogP contribution in [0.25, 0.3) is 0 Å². The molecule has 0 bridgehead atoms. The summed E-state index contributed by atoms with van der Waals surface area (Å²) in [6.07, 6.45) is 15.6. The number of carbonyl (C=O) groups is 1. The van der Waals surface area contributed by atoms with E-state index in [9.17, 15) is 4.79 Å². The van der Waals surface area contributed by atoms with E-state index >= 15 is 0 Å². The number of halogens is 1. The lowest BCUT2D eigenvalue weighted by Crippen LogP contribution is -2.46. The summed E-state index contributed by atoms with van der Waals surface area (Å²) in [7, 11) is 4.37. The van der Waals surface area contributed by atoms with Crippen molar-refractivity contribution in [2.24, 2.45) is 35.0 Å². The average molecular weight is 497 g/mol. The van der Waals surface area contributed by atoms with Gasteiger partial charge in [0.2, 0.25) is 5.91 Å². The molecule has 8 atom stereocenters. The molecule has 3 fully saturated rings. The highest BCUT2D eigenvalue weighted by molar-refractivity contribution is 6.30. The number of likely N-dealkylation sites (tertiary alicyclic amines) is 1. The Morgan fingerprint density at radius 2 is 1.71 bits per heavy atom. The number of likely N-dealkylation sites (N-methyl/N-ethyl adjacent to an activating group) is 1. The van der Waals surface area contributed by atoms with Crippen molar-refractivity contribution in [3.05, 3.63) is 47.0 Å². The van der Waals surface area contributed by atoms with Crippen LogP contribution in [0.3, 0.4) is 0 Å². The number of amides is 1. The number of allylic oxidation sites excluding steroid dienone is 1. The number of fused-ring (bicyclic) bond motifs is 2. The third-order valence-corrected chi connectivity index (χ3v) is 11.2. The first kappa shape index (κ1) is 25.3.